The van der Waals surface area contributed by atoms with Crippen molar-refractivity contribution in [2.24, 2.45) is 0 Å². The Morgan fingerprint density at radius 1 is 1.36 bits per heavy atom. The topological polar surface area (TPSA) is 37.8 Å². The van der Waals surface area contributed by atoms with Gasteiger partial charge in [0.2, 0.25) is 5.95 Å². The molecule has 0 aliphatic heterocycles. The number of nitrogens with one attached hydrogen (secondary N) is 1. The van der Waals surface area contributed by atoms with E-state index in [0.29, 0.717) is 12.0 Å². The van der Waals surface area contributed by atoms with Gasteiger partial charge in [-0.05, 0) is 6.07 Å². The zero-order chi connectivity index (χ0) is 11.3. The predicted molar refractivity (Wildman–Crippen MR) is 60.4 cm³/mol. The van der Waals surface area contributed by atoms with Crippen LogP contribution in [0.3, 0.4) is 0 Å². The average molecular weight is 190 g/mol. The number of fused-ring (bicyclic) bond motifs is 1. The zero-order valence-corrected chi connectivity index (χ0v) is 8.70. The van der Waals surface area contributed by atoms with Gasteiger partial charge in [0.15, 0.2) is 0 Å². The maximum atomic E-state index is 7.40. The van der Waals surface area contributed by atoms with Crippen LogP contribution in [-0.2, 0) is 0 Å². The van der Waals surface area contributed by atoms with Gasteiger partial charge in [-0.15, -0.1) is 0 Å². The van der Waals surface area contributed by atoms with Crippen molar-refractivity contribution in [3.63, 3.8) is 0 Å². The standard InChI is InChI=1S/C9H9N3.C2H6/c1-10-9-11-6-7-4-2-3-5-8(7)12-9;1-2/h2-6H,1H3,(H,10,11,12);1-2H3/i2D;. The van der Waals surface area contributed by atoms with E-state index in [4.69, 9.17) is 1.37 Å². The molecule has 0 radical (unpaired) electrons. The lowest BCUT2D eigenvalue weighted by molar-refractivity contribution is 1.19. The number of nitrogens with zero attached hydrogens (tertiary/aromatic N) is 2. The Labute approximate surface area is 85.6 Å². The van der Waals surface area contributed by atoms with Gasteiger partial charge in [-0.1, -0.05) is 32.0 Å². The number of anilines is 1. The second-order valence-electron chi connectivity index (χ2n) is 2.43. The fraction of sp³-hybridized carbons (Fsp3) is 0.273. The van der Waals surface area contributed by atoms with E-state index in [2.05, 4.69) is 15.3 Å². The molecule has 0 spiro atoms. The van der Waals surface area contributed by atoms with Crippen LogP contribution in [0.1, 0.15) is 15.2 Å². The van der Waals surface area contributed by atoms with Crippen LogP contribution in [-0.4, -0.2) is 17.0 Å². The normalized spacial score (nSPS) is 10.1. The molecule has 3 heteroatoms. The Bertz CT molecular complexity index is 443. The van der Waals surface area contributed by atoms with Gasteiger partial charge in [-0.2, -0.15) is 0 Å². The summed E-state index contributed by atoms with van der Waals surface area (Å²) in [6, 6.07) is 5.76. The molecule has 1 aromatic carbocycles. The van der Waals surface area contributed by atoms with Gasteiger partial charge in [-0.25, -0.2) is 9.97 Å². The molecule has 0 saturated heterocycles. The van der Waals surface area contributed by atoms with Gasteiger partial charge in [0.25, 0.3) is 0 Å². The molecule has 74 valence electrons. The molecule has 0 amide bonds. The van der Waals surface area contributed by atoms with Gasteiger partial charge in [-0.3, -0.25) is 0 Å². The number of hydrogen-bond acceptors (Lipinski definition) is 3. The Morgan fingerprint density at radius 3 is 2.86 bits per heavy atom. The number of hydrogen-bond donors (Lipinski definition) is 1. The van der Waals surface area contributed by atoms with Crippen LogP contribution in [0.5, 0.6) is 0 Å². The summed E-state index contributed by atoms with van der Waals surface area (Å²) in [5, 5.41) is 3.76. The van der Waals surface area contributed by atoms with Crippen molar-refractivity contribution < 1.29 is 1.37 Å². The number of rotatable bonds is 1. The van der Waals surface area contributed by atoms with Gasteiger partial charge < -0.3 is 5.32 Å². The molecule has 1 N–H and O–H groups in total. The average Bonchev–Trinajstić information content (AvgIpc) is 2.31. The summed E-state index contributed by atoms with van der Waals surface area (Å²) in [5.74, 6) is 0.602. The highest BCUT2D eigenvalue weighted by atomic mass is 15.1. The number of aromatic nitrogens is 2. The molecule has 0 aliphatic carbocycles. The minimum atomic E-state index is 0.480. The van der Waals surface area contributed by atoms with E-state index in [1.807, 2.05) is 19.9 Å². The quantitative estimate of drug-likeness (QED) is 0.751. The van der Waals surface area contributed by atoms with Gasteiger partial charge >= 0.3 is 0 Å². The molecule has 14 heavy (non-hydrogen) atoms. The molecule has 0 bridgehead atoms. The predicted octanol–water partition coefficient (Wildman–Crippen LogP) is 2.70. The van der Waals surface area contributed by atoms with Crippen molar-refractivity contribution in [3.05, 3.63) is 30.4 Å². The van der Waals surface area contributed by atoms with E-state index in [0.717, 1.165) is 10.9 Å². The number of benzene rings is 1. The molecule has 0 unspecified atom stereocenters. The first kappa shape index (κ1) is 8.94. The third-order valence-corrected chi connectivity index (χ3v) is 1.65. The third kappa shape index (κ3) is 2.19. The number of para-hydroxylation sites is 1. The Kier molecular flexibility index (Phi) is 3.30. The molecule has 0 aliphatic rings. The first-order chi connectivity index (χ1) is 7.29. The molecule has 2 aromatic rings. The Balaban J connectivity index is 0.000000531. The summed E-state index contributed by atoms with van der Waals surface area (Å²) in [5.41, 5.74) is 0.857. The van der Waals surface area contributed by atoms with Crippen molar-refractivity contribution in [3.8, 4) is 0 Å². The highest BCUT2D eigenvalue weighted by Crippen LogP contribution is 2.10. The van der Waals surface area contributed by atoms with Crippen LogP contribution >= 0.6 is 0 Å². The van der Waals surface area contributed by atoms with Crippen molar-refractivity contribution in [2.45, 2.75) is 13.8 Å². The van der Waals surface area contributed by atoms with E-state index in [1.54, 1.807) is 25.4 Å². The van der Waals surface area contributed by atoms with Crippen molar-refractivity contribution in [1.82, 2.24) is 9.97 Å². The van der Waals surface area contributed by atoms with Crippen molar-refractivity contribution in [2.75, 3.05) is 12.4 Å². The summed E-state index contributed by atoms with van der Waals surface area (Å²) >= 11 is 0. The molecular formula is C11H15N3. The van der Waals surface area contributed by atoms with Crippen LogP contribution in [0.2, 0.25) is 0 Å². The highest BCUT2D eigenvalue weighted by molar-refractivity contribution is 5.78. The zero-order valence-electron chi connectivity index (χ0n) is 9.70. The van der Waals surface area contributed by atoms with Gasteiger partial charge in [0.05, 0.1) is 6.89 Å². The van der Waals surface area contributed by atoms with Crippen LogP contribution in [0.15, 0.2) is 30.4 Å². The minimum absolute atomic E-state index is 0.480. The maximum Gasteiger partial charge on any atom is 0.222 e. The highest BCUT2D eigenvalue weighted by Gasteiger charge is 1.94. The molecule has 0 atom stereocenters. The van der Waals surface area contributed by atoms with Crippen LogP contribution < -0.4 is 5.32 Å². The lowest BCUT2D eigenvalue weighted by atomic mass is 10.2. The lowest BCUT2D eigenvalue weighted by Gasteiger charge is -1.99. The van der Waals surface area contributed by atoms with Crippen LogP contribution in [0, 0.1) is 0 Å². The molecule has 3 nitrogen and oxygen atoms in total. The lowest BCUT2D eigenvalue weighted by Crippen LogP contribution is -1.95. The van der Waals surface area contributed by atoms with Gasteiger partial charge in [0, 0.05) is 18.6 Å². The van der Waals surface area contributed by atoms with E-state index >= 15 is 0 Å². The summed E-state index contributed by atoms with van der Waals surface area (Å²) in [7, 11) is 1.78. The summed E-state index contributed by atoms with van der Waals surface area (Å²) in [6.07, 6.45) is 1.71. The first-order valence-electron chi connectivity index (χ1n) is 5.21. The first-order valence-corrected chi connectivity index (χ1v) is 4.71. The summed E-state index contributed by atoms with van der Waals surface area (Å²) in [6.45, 7) is 4.00. The molecule has 2 rings (SSSR count). The van der Waals surface area contributed by atoms with E-state index in [1.165, 1.54) is 0 Å². The monoisotopic (exact) mass is 190 g/mol. The fourth-order valence-electron chi connectivity index (χ4n) is 1.03. The maximum absolute atomic E-state index is 7.40. The smallest absolute Gasteiger partial charge is 0.222 e. The third-order valence-electron chi connectivity index (χ3n) is 1.65. The van der Waals surface area contributed by atoms with E-state index < -0.39 is 0 Å². The largest absolute Gasteiger partial charge is 0.357 e. The van der Waals surface area contributed by atoms with E-state index in [9.17, 15) is 0 Å². The van der Waals surface area contributed by atoms with Crippen molar-refractivity contribution in [1.29, 1.82) is 0 Å². The molecule has 0 fully saturated rings. The van der Waals surface area contributed by atoms with Gasteiger partial charge in [0.1, 0.15) is 0 Å². The minimum Gasteiger partial charge on any atom is -0.357 e. The second-order valence-corrected chi connectivity index (χ2v) is 2.43. The SMILES string of the molecule is CC.[2H]c1ccc2nc(NC)ncc2c1. The summed E-state index contributed by atoms with van der Waals surface area (Å²) in [4.78, 5) is 8.29. The van der Waals surface area contributed by atoms with Crippen LogP contribution in [0.4, 0.5) is 5.95 Å². The molecular weight excluding hydrogens is 174 g/mol. The second kappa shape index (κ2) is 5.17. The molecule has 1 aromatic heterocycles. The fourth-order valence-corrected chi connectivity index (χ4v) is 1.03. The summed E-state index contributed by atoms with van der Waals surface area (Å²) < 4.78 is 7.40. The van der Waals surface area contributed by atoms with Crippen molar-refractivity contribution >= 4 is 16.9 Å². The molecule has 0 saturated carbocycles. The Morgan fingerprint density at radius 2 is 2.14 bits per heavy atom. The van der Waals surface area contributed by atoms with Crippen LogP contribution in [0.25, 0.3) is 10.9 Å². The van der Waals surface area contributed by atoms with E-state index in [-0.39, 0.29) is 0 Å². The molecule has 1 heterocycles. The Hall–Kier alpha value is -1.64.